The Morgan fingerprint density at radius 1 is 1.31 bits per heavy atom. The van der Waals surface area contributed by atoms with Crippen LogP contribution in [0.25, 0.3) is 11.5 Å². The first-order valence-corrected chi connectivity index (χ1v) is 11.3. The van der Waals surface area contributed by atoms with E-state index < -0.39 is 9.84 Å². The number of aromatic nitrogens is 2. The van der Waals surface area contributed by atoms with Crippen LogP contribution < -0.4 is 0 Å². The molecule has 1 atom stereocenters. The maximum absolute atomic E-state index is 12.6. The summed E-state index contributed by atoms with van der Waals surface area (Å²) in [5.41, 5.74) is 0.821. The maximum atomic E-state index is 12.6. The van der Waals surface area contributed by atoms with Gasteiger partial charge in [0.25, 0.3) is 5.22 Å². The molecule has 140 valence electrons. The van der Waals surface area contributed by atoms with Crippen LogP contribution in [0.3, 0.4) is 0 Å². The van der Waals surface area contributed by atoms with E-state index in [9.17, 15) is 13.2 Å². The van der Waals surface area contributed by atoms with Gasteiger partial charge in [0.1, 0.15) is 0 Å². The molecule has 9 heteroatoms. The Bertz CT molecular complexity index is 852. The highest BCUT2D eigenvalue weighted by atomic mass is 32.2. The molecule has 1 aliphatic heterocycles. The molecule has 0 unspecified atom stereocenters. The fraction of sp³-hybridized carbons (Fsp3) is 0.471. The lowest BCUT2D eigenvalue weighted by Gasteiger charge is -2.27. The van der Waals surface area contributed by atoms with E-state index in [4.69, 9.17) is 4.42 Å². The Balaban J connectivity index is 1.61. The summed E-state index contributed by atoms with van der Waals surface area (Å²) in [4.78, 5) is 14.3. The second kappa shape index (κ2) is 8.22. The number of nitrogens with zero attached hydrogens (tertiary/aromatic N) is 3. The smallest absolute Gasteiger partial charge is 0.277 e. The number of benzene rings is 1. The summed E-state index contributed by atoms with van der Waals surface area (Å²) in [6.45, 7) is 2.53. The molecule has 0 radical (unpaired) electrons. The maximum Gasteiger partial charge on any atom is 0.277 e. The molecule has 0 saturated carbocycles. The molecule has 1 aromatic carbocycles. The highest BCUT2D eigenvalue weighted by Gasteiger charge is 2.34. The van der Waals surface area contributed by atoms with E-state index in [1.54, 1.807) is 4.90 Å². The van der Waals surface area contributed by atoms with Crippen LogP contribution in [0.15, 0.2) is 40.0 Å². The first kappa shape index (κ1) is 18.9. The summed E-state index contributed by atoms with van der Waals surface area (Å²) in [6.07, 6.45) is 1.29. The molecule has 0 N–H and O–H groups in total. The molecule has 7 nitrogen and oxygen atoms in total. The average Bonchev–Trinajstić information content (AvgIpc) is 3.24. The molecule has 0 aliphatic carbocycles. The minimum absolute atomic E-state index is 0.0577. The number of hydrogen-bond donors (Lipinski definition) is 0. The lowest BCUT2D eigenvalue weighted by molar-refractivity contribution is -0.130. The third-order valence-corrected chi connectivity index (χ3v) is 6.73. The third kappa shape index (κ3) is 4.64. The standard InChI is InChI=1S/C17H21N3O4S2/c1-2-9-20(14-8-10-26(22,23)12-14)15(21)11-25-17-19-18-16(24-17)13-6-4-3-5-7-13/h3-7,14H,2,8-12H2,1H3/t14-/m1/s1. The molecular weight excluding hydrogens is 374 g/mol. The summed E-state index contributed by atoms with van der Waals surface area (Å²) in [5, 5.41) is 8.30. The summed E-state index contributed by atoms with van der Waals surface area (Å²) >= 11 is 1.18. The van der Waals surface area contributed by atoms with E-state index in [2.05, 4.69) is 10.2 Å². The second-order valence-corrected chi connectivity index (χ2v) is 9.33. The highest BCUT2D eigenvalue weighted by molar-refractivity contribution is 7.99. The van der Waals surface area contributed by atoms with Gasteiger partial charge in [0.15, 0.2) is 9.84 Å². The molecular formula is C17H21N3O4S2. The van der Waals surface area contributed by atoms with E-state index in [1.165, 1.54) is 11.8 Å². The van der Waals surface area contributed by atoms with Crippen molar-refractivity contribution < 1.29 is 17.6 Å². The Hall–Kier alpha value is -1.87. The fourth-order valence-electron chi connectivity index (χ4n) is 2.94. The number of sulfone groups is 1. The van der Waals surface area contributed by atoms with Gasteiger partial charge in [-0.3, -0.25) is 4.79 Å². The van der Waals surface area contributed by atoms with Crippen molar-refractivity contribution in [1.82, 2.24) is 15.1 Å². The highest BCUT2D eigenvalue weighted by Crippen LogP contribution is 2.24. The van der Waals surface area contributed by atoms with Gasteiger partial charge in [0, 0.05) is 18.2 Å². The third-order valence-electron chi connectivity index (χ3n) is 4.18. The quantitative estimate of drug-likeness (QED) is 0.664. The first-order valence-electron chi connectivity index (χ1n) is 8.50. The summed E-state index contributed by atoms with van der Waals surface area (Å²) < 4.78 is 29.0. The van der Waals surface area contributed by atoms with Crippen molar-refractivity contribution in [3.05, 3.63) is 30.3 Å². The van der Waals surface area contributed by atoms with Gasteiger partial charge < -0.3 is 9.32 Å². The van der Waals surface area contributed by atoms with Gasteiger partial charge in [-0.05, 0) is 25.0 Å². The van der Waals surface area contributed by atoms with Crippen molar-refractivity contribution in [3.63, 3.8) is 0 Å². The molecule has 1 saturated heterocycles. The van der Waals surface area contributed by atoms with Crippen LogP contribution in [0.5, 0.6) is 0 Å². The molecule has 26 heavy (non-hydrogen) atoms. The Kier molecular flexibility index (Phi) is 5.98. The van der Waals surface area contributed by atoms with Crippen molar-refractivity contribution in [2.45, 2.75) is 31.0 Å². The predicted molar refractivity (Wildman–Crippen MR) is 99.5 cm³/mol. The van der Waals surface area contributed by atoms with Crippen molar-refractivity contribution in [3.8, 4) is 11.5 Å². The van der Waals surface area contributed by atoms with Gasteiger partial charge in [-0.15, -0.1) is 10.2 Å². The Morgan fingerprint density at radius 3 is 2.73 bits per heavy atom. The number of thioether (sulfide) groups is 1. The molecule has 3 rings (SSSR count). The fourth-order valence-corrected chi connectivity index (χ4v) is 5.32. The summed E-state index contributed by atoms with van der Waals surface area (Å²) in [5.74, 6) is 0.670. The minimum Gasteiger partial charge on any atom is -0.411 e. The molecule has 2 heterocycles. The Labute approximate surface area is 157 Å². The molecule has 1 amide bonds. The van der Waals surface area contributed by atoms with Crippen LogP contribution in [-0.4, -0.2) is 59.3 Å². The second-order valence-electron chi connectivity index (χ2n) is 6.17. The molecule has 1 aliphatic rings. The first-order chi connectivity index (χ1) is 12.5. The van der Waals surface area contributed by atoms with Gasteiger partial charge in [-0.1, -0.05) is 36.9 Å². The van der Waals surface area contributed by atoms with Crippen LogP contribution >= 0.6 is 11.8 Å². The zero-order valence-electron chi connectivity index (χ0n) is 14.5. The van der Waals surface area contributed by atoms with Crippen LogP contribution in [0.4, 0.5) is 0 Å². The van der Waals surface area contributed by atoms with Crippen LogP contribution in [0, 0.1) is 0 Å². The molecule has 0 spiro atoms. The summed E-state index contributed by atoms with van der Waals surface area (Å²) in [7, 11) is -3.03. The number of rotatable bonds is 7. The van der Waals surface area contributed by atoms with E-state index in [0.717, 1.165) is 12.0 Å². The largest absolute Gasteiger partial charge is 0.411 e. The average molecular weight is 396 g/mol. The Morgan fingerprint density at radius 2 is 2.08 bits per heavy atom. The van der Waals surface area contributed by atoms with Crippen molar-refractivity contribution in [2.75, 3.05) is 23.8 Å². The van der Waals surface area contributed by atoms with E-state index >= 15 is 0 Å². The van der Waals surface area contributed by atoms with Crippen molar-refractivity contribution in [1.29, 1.82) is 0 Å². The number of carbonyl (C=O) groups is 1. The topological polar surface area (TPSA) is 93.4 Å². The van der Waals surface area contributed by atoms with Crippen LogP contribution in [0.2, 0.25) is 0 Å². The number of hydrogen-bond acceptors (Lipinski definition) is 7. The van der Waals surface area contributed by atoms with Gasteiger partial charge in [0.05, 0.1) is 17.3 Å². The summed E-state index contributed by atoms with van der Waals surface area (Å²) in [6, 6.07) is 9.19. The van der Waals surface area contributed by atoms with Gasteiger partial charge in [-0.2, -0.15) is 0 Å². The van der Waals surface area contributed by atoms with E-state index in [0.29, 0.717) is 24.1 Å². The monoisotopic (exact) mass is 395 g/mol. The molecule has 0 bridgehead atoms. The SMILES string of the molecule is CCCN(C(=O)CSc1nnc(-c2ccccc2)o1)[C@@H]1CCS(=O)(=O)C1. The van der Waals surface area contributed by atoms with Crippen LogP contribution in [0.1, 0.15) is 19.8 Å². The lowest BCUT2D eigenvalue weighted by Crippen LogP contribution is -2.42. The van der Waals surface area contributed by atoms with E-state index in [1.807, 2.05) is 37.3 Å². The lowest BCUT2D eigenvalue weighted by atomic mass is 10.2. The van der Waals surface area contributed by atoms with Crippen molar-refractivity contribution >= 4 is 27.5 Å². The predicted octanol–water partition coefficient (Wildman–Crippen LogP) is 2.25. The minimum atomic E-state index is -3.03. The van der Waals surface area contributed by atoms with Crippen molar-refractivity contribution in [2.24, 2.45) is 0 Å². The molecule has 1 aromatic heterocycles. The van der Waals surface area contributed by atoms with Gasteiger partial charge in [0.2, 0.25) is 11.8 Å². The van der Waals surface area contributed by atoms with Gasteiger partial charge >= 0.3 is 0 Å². The zero-order chi connectivity index (χ0) is 18.6. The van der Waals surface area contributed by atoms with Gasteiger partial charge in [-0.25, -0.2) is 8.42 Å². The van der Waals surface area contributed by atoms with E-state index in [-0.39, 0.29) is 29.2 Å². The number of amides is 1. The number of carbonyl (C=O) groups excluding carboxylic acids is 1. The normalized spacial score (nSPS) is 18.7. The molecule has 2 aromatic rings. The zero-order valence-corrected chi connectivity index (χ0v) is 16.1. The van der Waals surface area contributed by atoms with Crippen LogP contribution in [-0.2, 0) is 14.6 Å². The molecule has 1 fully saturated rings.